The minimum Gasteiger partial charge on any atom is -0.321 e. The molecule has 2 aromatic heterocycles. The normalized spacial score (nSPS) is 11.1. The molecular formula is C22H15N3OS. The second-order valence-corrected chi connectivity index (χ2v) is 7.33. The van der Waals surface area contributed by atoms with Gasteiger partial charge in [-0.3, -0.25) is 9.89 Å². The smallest absolute Gasteiger partial charge is 0.265 e. The summed E-state index contributed by atoms with van der Waals surface area (Å²) in [4.78, 5) is 12.9. The third kappa shape index (κ3) is 2.98. The Labute approximate surface area is 159 Å². The molecule has 0 unspecified atom stereocenters. The molecule has 0 spiro atoms. The number of amides is 1. The maximum absolute atomic E-state index is 12.2. The van der Waals surface area contributed by atoms with Crippen LogP contribution in [-0.4, -0.2) is 16.1 Å². The van der Waals surface area contributed by atoms with E-state index in [1.165, 1.54) is 11.3 Å². The Morgan fingerprint density at radius 2 is 1.67 bits per heavy atom. The fourth-order valence-corrected chi connectivity index (χ4v) is 3.84. The molecule has 5 rings (SSSR count). The van der Waals surface area contributed by atoms with E-state index in [0.29, 0.717) is 4.88 Å². The maximum Gasteiger partial charge on any atom is 0.265 e. The first kappa shape index (κ1) is 15.8. The Hall–Kier alpha value is -3.44. The molecule has 0 saturated carbocycles. The minimum absolute atomic E-state index is 0.0746. The average Bonchev–Trinajstić information content (AvgIpc) is 3.38. The summed E-state index contributed by atoms with van der Waals surface area (Å²) in [6, 6.07) is 22.3. The summed E-state index contributed by atoms with van der Waals surface area (Å²) in [5.41, 5.74) is 4.14. The first-order chi connectivity index (χ1) is 13.3. The Morgan fingerprint density at radius 3 is 2.52 bits per heavy atom. The van der Waals surface area contributed by atoms with E-state index >= 15 is 0 Å². The van der Waals surface area contributed by atoms with Gasteiger partial charge in [-0.25, -0.2) is 0 Å². The summed E-state index contributed by atoms with van der Waals surface area (Å²) in [5.74, 6) is -0.0746. The zero-order chi connectivity index (χ0) is 18.2. The van der Waals surface area contributed by atoms with E-state index in [1.807, 2.05) is 48.0 Å². The van der Waals surface area contributed by atoms with Crippen molar-refractivity contribution in [1.82, 2.24) is 10.2 Å². The summed E-state index contributed by atoms with van der Waals surface area (Å²) in [6.07, 6.45) is 1.84. The third-order valence-electron chi connectivity index (χ3n) is 4.62. The Balaban J connectivity index is 1.46. The lowest BCUT2D eigenvalue weighted by Crippen LogP contribution is -2.09. The van der Waals surface area contributed by atoms with Crippen LogP contribution in [0.1, 0.15) is 9.67 Å². The standard InChI is InChI=1S/C22H15N3OS/c26-22(21-2-1-9-27-21)24-19-7-5-15-10-14(3-4-17(15)12-19)16-6-8-20-18(11-16)13-23-25-20/h1-13H,(H,23,25)(H,24,26). The van der Waals surface area contributed by atoms with Crippen molar-refractivity contribution in [3.63, 3.8) is 0 Å². The zero-order valence-electron chi connectivity index (χ0n) is 14.3. The molecule has 27 heavy (non-hydrogen) atoms. The number of thiophene rings is 1. The zero-order valence-corrected chi connectivity index (χ0v) is 15.1. The van der Waals surface area contributed by atoms with Crippen molar-refractivity contribution in [3.05, 3.63) is 83.2 Å². The molecule has 0 saturated heterocycles. The number of fused-ring (bicyclic) bond motifs is 2. The number of hydrogen-bond acceptors (Lipinski definition) is 3. The number of anilines is 1. The van der Waals surface area contributed by atoms with Gasteiger partial charge in [0, 0.05) is 11.1 Å². The van der Waals surface area contributed by atoms with Crippen LogP contribution in [0.3, 0.4) is 0 Å². The van der Waals surface area contributed by atoms with Gasteiger partial charge >= 0.3 is 0 Å². The molecule has 0 radical (unpaired) electrons. The number of hydrogen-bond donors (Lipinski definition) is 2. The molecule has 130 valence electrons. The molecule has 5 heteroatoms. The van der Waals surface area contributed by atoms with Gasteiger partial charge in [-0.1, -0.05) is 30.3 Å². The maximum atomic E-state index is 12.2. The highest BCUT2D eigenvalue weighted by Crippen LogP contribution is 2.28. The van der Waals surface area contributed by atoms with Crippen molar-refractivity contribution in [1.29, 1.82) is 0 Å². The number of H-pyrrole nitrogens is 1. The first-order valence-electron chi connectivity index (χ1n) is 8.58. The molecule has 0 aliphatic rings. The van der Waals surface area contributed by atoms with Crippen LogP contribution in [0, 0.1) is 0 Å². The molecule has 1 amide bonds. The summed E-state index contributed by atoms with van der Waals surface area (Å²) in [5, 5.41) is 15.2. The third-order valence-corrected chi connectivity index (χ3v) is 5.49. The van der Waals surface area contributed by atoms with E-state index in [1.54, 1.807) is 0 Å². The second-order valence-electron chi connectivity index (χ2n) is 6.38. The molecule has 0 fully saturated rings. The van der Waals surface area contributed by atoms with Crippen molar-refractivity contribution in [3.8, 4) is 11.1 Å². The fourth-order valence-electron chi connectivity index (χ4n) is 3.23. The average molecular weight is 369 g/mol. The van der Waals surface area contributed by atoms with Gasteiger partial charge in [0.05, 0.1) is 16.6 Å². The van der Waals surface area contributed by atoms with Crippen LogP contribution in [0.15, 0.2) is 78.3 Å². The lowest BCUT2D eigenvalue weighted by molar-refractivity contribution is 0.103. The highest BCUT2D eigenvalue weighted by molar-refractivity contribution is 7.12. The predicted molar refractivity (Wildman–Crippen MR) is 111 cm³/mol. The van der Waals surface area contributed by atoms with Crippen molar-refractivity contribution >= 4 is 44.6 Å². The van der Waals surface area contributed by atoms with Gasteiger partial charge in [-0.15, -0.1) is 11.3 Å². The van der Waals surface area contributed by atoms with E-state index in [-0.39, 0.29) is 5.91 Å². The van der Waals surface area contributed by atoms with Crippen LogP contribution in [0.25, 0.3) is 32.8 Å². The van der Waals surface area contributed by atoms with Crippen LogP contribution in [0.5, 0.6) is 0 Å². The molecule has 0 atom stereocenters. The minimum atomic E-state index is -0.0746. The largest absolute Gasteiger partial charge is 0.321 e. The van der Waals surface area contributed by atoms with Crippen LogP contribution < -0.4 is 5.32 Å². The molecule has 0 aliphatic heterocycles. The van der Waals surface area contributed by atoms with Crippen molar-refractivity contribution in [2.75, 3.05) is 5.32 Å². The SMILES string of the molecule is O=C(Nc1ccc2cc(-c3ccc4[nH]ncc4c3)ccc2c1)c1cccs1. The predicted octanol–water partition coefficient (Wildman–Crippen LogP) is 5.70. The van der Waals surface area contributed by atoms with Crippen LogP contribution in [0.4, 0.5) is 5.69 Å². The van der Waals surface area contributed by atoms with Crippen LogP contribution >= 0.6 is 11.3 Å². The molecule has 0 bridgehead atoms. The van der Waals surface area contributed by atoms with Gasteiger partial charge in [0.25, 0.3) is 5.91 Å². The number of rotatable bonds is 3. The van der Waals surface area contributed by atoms with Gasteiger partial charge < -0.3 is 5.32 Å². The van der Waals surface area contributed by atoms with E-state index in [4.69, 9.17) is 0 Å². The number of carbonyl (C=O) groups excluding carboxylic acids is 1. The quantitative estimate of drug-likeness (QED) is 0.429. The molecule has 4 nitrogen and oxygen atoms in total. The van der Waals surface area contributed by atoms with Crippen LogP contribution in [-0.2, 0) is 0 Å². The van der Waals surface area contributed by atoms with E-state index in [9.17, 15) is 4.79 Å². The Morgan fingerprint density at radius 1 is 0.889 bits per heavy atom. The lowest BCUT2D eigenvalue weighted by Gasteiger charge is -2.08. The Bertz CT molecular complexity index is 1270. The van der Waals surface area contributed by atoms with Gasteiger partial charge in [0.1, 0.15) is 0 Å². The molecule has 3 aromatic carbocycles. The van der Waals surface area contributed by atoms with E-state index in [2.05, 4.69) is 45.8 Å². The summed E-state index contributed by atoms with van der Waals surface area (Å²) >= 11 is 1.44. The van der Waals surface area contributed by atoms with Crippen molar-refractivity contribution in [2.45, 2.75) is 0 Å². The van der Waals surface area contributed by atoms with Gasteiger partial charge in [0.15, 0.2) is 0 Å². The number of nitrogens with one attached hydrogen (secondary N) is 2. The molecular weight excluding hydrogens is 354 g/mol. The molecule has 2 heterocycles. The summed E-state index contributed by atoms with van der Waals surface area (Å²) in [7, 11) is 0. The fraction of sp³-hybridized carbons (Fsp3) is 0. The number of benzene rings is 3. The number of aromatic amines is 1. The van der Waals surface area contributed by atoms with Crippen LogP contribution in [0.2, 0.25) is 0 Å². The number of aromatic nitrogens is 2. The monoisotopic (exact) mass is 369 g/mol. The van der Waals surface area contributed by atoms with Gasteiger partial charge in [-0.05, 0) is 63.7 Å². The lowest BCUT2D eigenvalue weighted by atomic mass is 10.00. The summed E-state index contributed by atoms with van der Waals surface area (Å²) in [6.45, 7) is 0. The second kappa shape index (κ2) is 6.37. The topological polar surface area (TPSA) is 57.8 Å². The van der Waals surface area contributed by atoms with Crippen molar-refractivity contribution in [2.24, 2.45) is 0 Å². The van der Waals surface area contributed by atoms with E-state index < -0.39 is 0 Å². The summed E-state index contributed by atoms with van der Waals surface area (Å²) < 4.78 is 0. The van der Waals surface area contributed by atoms with Gasteiger partial charge in [-0.2, -0.15) is 5.10 Å². The number of carbonyl (C=O) groups is 1. The highest BCUT2D eigenvalue weighted by atomic mass is 32.1. The van der Waals surface area contributed by atoms with E-state index in [0.717, 1.165) is 38.5 Å². The molecule has 0 aliphatic carbocycles. The molecule has 2 N–H and O–H groups in total. The Kier molecular flexibility index (Phi) is 3.73. The van der Waals surface area contributed by atoms with Gasteiger partial charge in [0.2, 0.25) is 0 Å². The van der Waals surface area contributed by atoms with Crippen molar-refractivity contribution < 1.29 is 4.79 Å². The highest BCUT2D eigenvalue weighted by Gasteiger charge is 2.08. The first-order valence-corrected chi connectivity index (χ1v) is 9.46. The molecule has 5 aromatic rings. The number of nitrogens with zero attached hydrogens (tertiary/aromatic N) is 1.